The fourth-order valence-corrected chi connectivity index (χ4v) is 3.16. The summed E-state index contributed by atoms with van der Waals surface area (Å²) in [6, 6.07) is 10.6. The molecule has 150 valence electrons. The van der Waals surface area contributed by atoms with Gasteiger partial charge in [-0.05, 0) is 49.2 Å². The molecule has 2 amide bonds. The molecule has 0 saturated carbocycles. The van der Waals surface area contributed by atoms with Crippen LogP contribution in [0.2, 0.25) is 5.02 Å². The standard InChI is InChI=1S/C22H27ClN2O3/c1-13(2)22(28)25(5)18-10-16(19-7-6-14(3)8-20(19)23)9-17(11-18)21(27)24-15(4)12-26/h6-11,13,15,26H,12H2,1-5H3,(H,24,27)/t15-/m0/s1. The number of carbonyl (C=O) groups excluding carboxylic acids is 2. The van der Waals surface area contributed by atoms with Gasteiger partial charge in [-0.2, -0.15) is 0 Å². The lowest BCUT2D eigenvalue weighted by atomic mass is 9.99. The van der Waals surface area contributed by atoms with Gasteiger partial charge < -0.3 is 15.3 Å². The molecule has 0 aliphatic rings. The van der Waals surface area contributed by atoms with E-state index in [1.165, 1.54) is 0 Å². The van der Waals surface area contributed by atoms with E-state index >= 15 is 0 Å². The minimum absolute atomic E-state index is 0.0535. The molecular formula is C22H27ClN2O3. The first kappa shape index (κ1) is 21.9. The third-order valence-electron chi connectivity index (χ3n) is 4.48. The van der Waals surface area contributed by atoms with Crippen LogP contribution in [0.4, 0.5) is 5.69 Å². The van der Waals surface area contributed by atoms with Crippen LogP contribution in [0.1, 0.15) is 36.7 Å². The monoisotopic (exact) mass is 402 g/mol. The number of nitrogens with zero attached hydrogens (tertiary/aromatic N) is 1. The van der Waals surface area contributed by atoms with Crippen molar-refractivity contribution in [2.24, 2.45) is 5.92 Å². The van der Waals surface area contributed by atoms with Crippen molar-refractivity contribution in [3.8, 4) is 11.1 Å². The van der Waals surface area contributed by atoms with Crippen molar-refractivity contribution in [2.45, 2.75) is 33.7 Å². The van der Waals surface area contributed by atoms with Gasteiger partial charge in [0.15, 0.2) is 0 Å². The molecule has 28 heavy (non-hydrogen) atoms. The Morgan fingerprint density at radius 1 is 1.14 bits per heavy atom. The maximum atomic E-state index is 12.7. The highest BCUT2D eigenvalue weighted by atomic mass is 35.5. The van der Waals surface area contributed by atoms with Crippen molar-refractivity contribution >= 4 is 29.1 Å². The zero-order valence-corrected chi connectivity index (χ0v) is 17.7. The molecule has 2 aromatic carbocycles. The van der Waals surface area contributed by atoms with E-state index in [0.717, 1.165) is 16.7 Å². The quantitative estimate of drug-likeness (QED) is 0.765. The van der Waals surface area contributed by atoms with Crippen LogP contribution >= 0.6 is 11.6 Å². The molecule has 0 aromatic heterocycles. The number of aliphatic hydroxyl groups excluding tert-OH is 1. The summed E-state index contributed by atoms with van der Waals surface area (Å²) in [6.07, 6.45) is 0. The molecule has 5 nitrogen and oxygen atoms in total. The lowest BCUT2D eigenvalue weighted by molar-refractivity contribution is -0.121. The Morgan fingerprint density at radius 2 is 1.82 bits per heavy atom. The van der Waals surface area contributed by atoms with Gasteiger partial charge in [-0.3, -0.25) is 9.59 Å². The first-order valence-electron chi connectivity index (χ1n) is 9.25. The number of aryl methyl sites for hydroxylation is 1. The van der Waals surface area contributed by atoms with Crippen molar-refractivity contribution < 1.29 is 14.7 Å². The van der Waals surface area contributed by atoms with E-state index < -0.39 is 0 Å². The summed E-state index contributed by atoms with van der Waals surface area (Å²) in [4.78, 5) is 26.7. The summed E-state index contributed by atoms with van der Waals surface area (Å²) in [5, 5.41) is 12.5. The smallest absolute Gasteiger partial charge is 0.251 e. The highest BCUT2D eigenvalue weighted by Crippen LogP contribution is 2.32. The maximum Gasteiger partial charge on any atom is 0.251 e. The number of carbonyl (C=O) groups is 2. The molecule has 0 unspecified atom stereocenters. The molecule has 6 heteroatoms. The maximum absolute atomic E-state index is 12.7. The van der Waals surface area contributed by atoms with Crippen molar-refractivity contribution in [1.82, 2.24) is 5.32 Å². The van der Waals surface area contributed by atoms with Crippen LogP contribution in [0.25, 0.3) is 11.1 Å². The minimum atomic E-state index is -0.377. The molecule has 0 aliphatic carbocycles. The Morgan fingerprint density at radius 3 is 2.39 bits per heavy atom. The molecular weight excluding hydrogens is 376 g/mol. The van der Waals surface area contributed by atoms with Gasteiger partial charge >= 0.3 is 0 Å². The number of hydrogen-bond donors (Lipinski definition) is 2. The summed E-state index contributed by atoms with van der Waals surface area (Å²) >= 11 is 6.43. The first-order chi connectivity index (χ1) is 13.1. The van der Waals surface area contributed by atoms with Gasteiger partial charge in [0.05, 0.1) is 6.61 Å². The third-order valence-corrected chi connectivity index (χ3v) is 4.79. The highest BCUT2D eigenvalue weighted by molar-refractivity contribution is 6.33. The molecule has 0 saturated heterocycles. The molecule has 0 aliphatic heterocycles. The minimum Gasteiger partial charge on any atom is -0.394 e. The van der Waals surface area contributed by atoms with Gasteiger partial charge in [0.2, 0.25) is 5.91 Å². The van der Waals surface area contributed by atoms with E-state index in [9.17, 15) is 14.7 Å². The number of amides is 2. The molecule has 2 aromatic rings. The van der Waals surface area contributed by atoms with Gasteiger partial charge in [-0.15, -0.1) is 0 Å². The van der Waals surface area contributed by atoms with Crippen molar-refractivity contribution in [3.63, 3.8) is 0 Å². The number of hydrogen-bond acceptors (Lipinski definition) is 3. The Bertz CT molecular complexity index is 880. The lowest BCUT2D eigenvalue weighted by Crippen LogP contribution is -2.35. The average Bonchev–Trinajstić information content (AvgIpc) is 2.66. The van der Waals surface area contributed by atoms with Crippen LogP contribution in [-0.2, 0) is 4.79 Å². The average molecular weight is 403 g/mol. The summed E-state index contributed by atoms with van der Waals surface area (Å²) in [5.41, 5.74) is 3.56. The SMILES string of the molecule is Cc1ccc(-c2cc(C(=O)N[C@@H](C)CO)cc(N(C)C(=O)C(C)C)c2)c(Cl)c1. The first-order valence-corrected chi connectivity index (χ1v) is 9.62. The molecule has 1 atom stereocenters. The molecule has 0 spiro atoms. The van der Waals surface area contributed by atoms with Crippen LogP contribution in [-0.4, -0.2) is 36.6 Å². The Labute approximate surface area is 171 Å². The van der Waals surface area contributed by atoms with E-state index in [-0.39, 0.29) is 30.4 Å². The lowest BCUT2D eigenvalue weighted by Gasteiger charge is -2.22. The van der Waals surface area contributed by atoms with Crippen molar-refractivity contribution in [2.75, 3.05) is 18.6 Å². The second-order valence-electron chi connectivity index (χ2n) is 7.36. The molecule has 0 radical (unpaired) electrons. The second-order valence-corrected chi connectivity index (χ2v) is 7.77. The number of rotatable bonds is 6. The Balaban J connectivity index is 2.58. The molecule has 2 N–H and O–H groups in total. The summed E-state index contributed by atoms with van der Waals surface area (Å²) < 4.78 is 0. The zero-order valence-electron chi connectivity index (χ0n) is 16.9. The predicted octanol–water partition coefficient (Wildman–Crippen LogP) is 4.04. The van der Waals surface area contributed by atoms with E-state index in [1.54, 1.807) is 31.0 Å². The third kappa shape index (κ3) is 5.12. The zero-order chi connectivity index (χ0) is 21.0. The second kappa shape index (κ2) is 9.22. The Kier molecular flexibility index (Phi) is 7.22. The molecule has 0 heterocycles. The van der Waals surface area contributed by atoms with Gasteiger partial charge in [-0.25, -0.2) is 0 Å². The number of anilines is 1. The topological polar surface area (TPSA) is 69.6 Å². The van der Waals surface area contributed by atoms with Crippen LogP contribution < -0.4 is 10.2 Å². The number of halogens is 1. The van der Waals surface area contributed by atoms with Crippen LogP contribution in [0.5, 0.6) is 0 Å². The van der Waals surface area contributed by atoms with Crippen molar-refractivity contribution in [3.05, 3.63) is 52.5 Å². The van der Waals surface area contributed by atoms with Gasteiger partial charge in [0.25, 0.3) is 5.91 Å². The van der Waals surface area contributed by atoms with Gasteiger partial charge in [0, 0.05) is 40.8 Å². The fraction of sp³-hybridized carbons (Fsp3) is 0.364. The van der Waals surface area contributed by atoms with Gasteiger partial charge in [-0.1, -0.05) is 37.6 Å². The Hall–Kier alpha value is -2.37. The number of nitrogens with one attached hydrogen (secondary N) is 1. The normalized spacial score (nSPS) is 12.0. The van der Waals surface area contributed by atoms with Crippen LogP contribution in [0.15, 0.2) is 36.4 Å². The van der Waals surface area contributed by atoms with E-state index in [0.29, 0.717) is 16.3 Å². The van der Waals surface area contributed by atoms with Crippen LogP contribution in [0, 0.1) is 12.8 Å². The molecule has 0 fully saturated rings. The molecule has 0 bridgehead atoms. The number of benzene rings is 2. The largest absolute Gasteiger partial charge is 0.394 e. The highest BCUT2D eigenvalue weighted by Gasteiger charge is 2.19. The van der Waals surface area contributed by atoms with E-state index in [4.69, 9.17) is 11.6 Å². The van der Waals surface area contributed by atoms with Crippen LogP contribution in [0.3, 0.4) is 0 Å². The predicted molar refractivity (Wildman–Crippen MR) is 114 cm³/mol. The fourth-order valence-electron chi connectivity index (χ4n) is 2.81. The number of aliphatic hydroxyl groups is 1. The summed E-state index contributed by atoms with van der Waals surface area (Å²) in [5.74, 6) is -0.552. The molecule has 2 rings (SSSR count). The van der Waals surface area contributed by atoms with E-state index in [2.05, 4.69) is 5.32 Å². The summed E-state index contributed by atoms with van der Waals surface area (Å²) in [6.45, 7) is 7.17. The van der Waals surface area contributed by atoms with E-state index in [1.807, 2.05) is 45.0 Å². The van der Waals surface area contributed by atoms with Gasteiger partial charge in [0.1, 0.15) is 0 Å². The summed E-state index contributed by atoms with van der Waals surface area (Å²) in [7, 11) is 1.69. The van der Waals surface area contributed by atoms with Crippen molar-refractivity contribution in [1.29, 1.82) is 0 Å².